The molecule has 0 spiro atoms. The van der Waals surface area contributed by atoms with Crippen molar-refractivity contribution in [2.24, 2.45) is 0 Å². The molecule has 256 valence electrons. The highest BCUT2D eigenvalue weighted by molar-refractivity contribution is 6.08. The zero-order valence-electron chi connectivity index (χ0n) is 30.5. The molecule has 0 unspecified atom stereocenters. The minimum Gasteiger partial charge on any atom is -0.310 e. The van der Waals surface area contributed by atoms with Crippen molar-refractivity contribution in [3.8, 4) is 44.5 Å². The van der Waals surface area contributed by atoms with E-state index in [0.29, 0.717) is 0 Å². The van der Waals surface area contributed by atoms with Gasteiger partial charge in [-0.25, -0.2) is 0 Å². The highest BCUT2D eigenvalue weighted by Crippen LogP contribution is 2.54. The molecular formula is C53H39N. The van der Waals surface area contributed by atoms with Crippen LogP contribution in [0.2, 0.25) is 0 Å². The van der Waals surface area contributed by atoms with Crippen LogP contribution in [0.4, 0.5) is 17.1 Å². The van der Waals surface area contributed by atoms with Gasteiger partial charge in [-0.05, 0) is 114 Å². The zero-order valence-corrected chi connectivity index (χ0v) is 30.5. The lowest BCUT2D eigenvalue weighted by Crippen LogP contribution is -2.17. The molecule has 0 N–H and O–H groups in total. The Kier molecular flexibility index (Phi) is 7.56. The van der Waals surface area contributed by atoms with Crippen molar-refractivity contribution in [1.29, 1.82) is 0 Å². The van der Waals surface area contributed by atoms with Gasteiger partial charge in [-0.3, -0.25) is 0 Å². The van der Waals surface area contributed by atoms with E-state index < -0.39 is 0 Å². The summed E-state index contributed by atoms with van der Waals surface area (Å²) in [7, 11) is 0. The number of fused-ring (bicyclic) bond motifs is 5. The SMILES string of the molecule is CC1(C)c2cc(N(c3ccccc3)c3ccccc3-c3cc(-c4cccc5ccccc45)c4ccccc4c3)ccc2-c2c(-c3ccccc3)cccc21. The third kappa shape index (κ3) is 5.16. The lowest BCUT2D eigenvalue weighted by molar-refractivity contribution is 0.660. The Balaban J connectivity index is 1.17. The Morgan fingerprint density at radius 3 is 1.78 bits per heavy atom. The summed E-state index contributed by atoms with van der Waals surface area (Å²) >= 11 is 0. The molecule has 1 nitrogen and oxygen atoms in total. The minimum absolute atomic E-state index is 0.168. The van der Waals surface area contributed by atoms with Gasteiger partial charge in [0.25, 0.3) is 0 Å². The molecule has 10 rings (SSSR count). The molecule has 0 radical (unpaired) electrons. The van der Waals surface area contributed by atoms with Crippen LogP contribution in [0.25, 0.3) is 66.1 Å². The van der Waals surface area contributed by atoms with Crippen LogP contribution in [0.15, 0.2) is 200 Å². The maximum atomic E-state index is 2.44. The van der Waals surface area contributed by atoms with Crippen LogP contribution >= 0.6 is 0 Å². The molecule has 0 saturated heterocycles. The van der Waals surface area contributed by atoms with Gasteiger partial charge in [0.2, 0.25) is 0 Å². The number of rotatable bonds is 6. The standard InChI is InChI=1S/C53H39N/c1-53(2)49-29-16-27-45(37-17-5-3-6-18-37)52(49)47-32-31-41(35-50(47)53)54(40-22-7-4-8-23-40)51-30-14-13-26-44(51)39-33-38-20-10-12-25-43(38)48(34-39)46-28-15-21-36-19-9-11-24-42(36)46/h3-35H,1-2H3. The van der Waals surface area contributed by atoms with Gasteiger partial charge in [-0.15, -0.1) is 0 Å². The minimum atomic E-state index is -0.168. The van der Waals surface area contributed by atoms with Crippen LogP contribution in [0, 0.1) is 0 Å². The number of nitrogens with zero attached hydrogens (tertiary/aromatic N) is 1. The van der Waals surface area contributed by atoms with E-state index in [0.717, 1.165) is 17.1 Å². The monoisotopic (exact) mass is 689 g/mol. The number of para-hydroxylation sites is 2. The molecule has 9 aromatic carbocycles. The van der Waals surface area contributed by atoms with Gasteiger partial charge in [-0.2, -0.15) is 0 Å². The van der Waals surface area contributed by atoms with Crippen LogP contribution in [0.3, 0.4) is 0 Å². The number of hydrogen-bond donors (Lipinski definition) is 0. The van der Waals surface area contributed by atoms with Gasteiger partial charge in [0.15, 0.2) is 0 Å². The van der Waals surface area contributed by atoms with Crippen molar-refractivity contribution in [3.63, 3.8) is 0 Å². The fourth-order valence-corrected chi connectivity index (χ4v) is 8.84. The average molecular weight is 690 g/mol. The van der Waals surface area contributed by atoms with E-state index in [2.05, 4.69) is 219 Å². The van der Waals surface area contributed by atoms with E-state index in [1.54, 1.807) is 0 Å². The quantitative estimate of drug-likeness (QED) is 0.168. The summed E-state index contributed by atoms with van der Waals surface area (Å²) in [4.78, 5) is 2.44. The Labute approximate surface area is 317 Å². The first kappa shape index (κ1) is 32.0. The number of anilines is 3. The Hall–Kier alpha value is -6.70. The second-order valence-corrected chi connectivity index (χ2v) is 14.9. The second-order valence-electron chi connectivity index (χ2n) is 14.9. The van der Waals surface area contributed by atoms with Crippen molar-refractivity contribution >= 4 is 38.6 Å². The maximum Gasteiger partial charge on any atom is 0.0540 e. The zero-order chi connectivity index (χ0) is 36.2. The summed E-state index contributed by atoms with van der Waals surface area (Å²) < 4.78 is 0. The van der Waals surface area contributed by atoms with Crippen LogP contribution < -0.4 is 4.90 Å². The smallest absolute Gasteiger partial charge is 0.0540 e. The summed E-state index contributed by atoms with van der Waals surface area (Å²) in [6, 6.07) is 73.4. The fourth-order valence-electron chi connectivity index (χ4n) is 8.84. The summed E-state index contributed by atoms with van der Waals surface area (Å²) in [6.07, 6.45) is 0. The van der Waals surface area contributed by atoms with E-state index in [-0.39, 0.29) is 5.41 Å². The van der Waals surface area contributed by atoms with Gasteiger partial charge in [0.1, 0.15) is 0 Å². The molecule has 0 bridgehead atoms. The summed E-state index contributed by atoms with van der Waals surface area (Å²) in [6.45, 7) is 4.75. The average Bonchev–Trinajstić information content (AvgIpc) is 3.46. The van der Waals surface area contributed by atoms with E-state index in [1.807, 2.05) is 0 Å². The van der Waals surface area contributed by atoms with Crippen LogP contribution in [0.5, 0.6) is 0 Å². The van der Waals surface area contributed by atoms with Gasteiger partial charge in [-0.1, -0.05) is 172 Å². The summed E-state index contributed by atoms with van der Waals surface area (Å²) in [5.41, 5.74) is 16.0. The summed E-state index contributed by atoms with van der Waals surface area (Å²) in [5, 5.41) is 4.99. The molecule has 1 heteroatoms. The van der Waals surface area contributed by atoms with Crippen molar-refractivity contribution in [3.05, 3.63) is 211 Å². The first-order valence-electron chi connectivity index (χ1n) is 18.9. The topological polar surface area (TPSA) is 3.24 Å². The van der Waals surface area contributed by atoms with Crippen LogP contribution in [0.1, 0.15) is 25.0 Å². The maximum absolute atomic E-state index is 2.44. The van der Waals surface area contributed by atoms with Gasteiger partial charge < -0.3 is 4.90 Å². The predicted molar refractivity (Wildman–Crippen MR) is 230 cm³/mol. The number of hydrogen-bond acceptors (Lipinski definition) is 1. The molecule has 0 amide bonds. The van der Waals surface area contributed by atoms with E-state index in [4.69, 9.17) is 0 Å². The van der Waals surface area contributed by atoms with Crippen molar-refractivity contribution in [2.45, 2.75) is 19.3 Å². The first-order chi connectivity index (χ1) is 26.6. The molecular weight excluding hydrogens is 651 g/mol. The summed E-state index contributed by atoms with van der Waals surface area (Å²) in [5.74, 6) is 0. The van der Waals surface area contributed by atoms with Gasteiger partial charge in [0.05, 0.1) is 5.69 Å². The van der Waals surface area contributed by atoms with Crippen molar-refractivity contribution in [2.75, 3.05) is 4.90 Å². The van der Waals surface area contributed by atoms with Crippen molar-refractivity contribution < 1.29 is 0 Å². The van der Waals surface area contributed by atoms with Gasteiger partial charge in [0, 0.05) is 22.4 Å². The Bertz CT molecular complexity index is 2840. The van der Waals surface area contributed by atoms with E-state index >= 15 is 0 Å². The highest BCUT2D eigenvalue weighted by atomic mass is 15.1. The molecule has 1 aliphatic rings. The van der Waals surface area contributed by atoms with E-state index in [1.165, 1.54) is 77.2 Å². The van der Waals surface area contributed by atoms with Crippen LogP contribution in [-0.2, 0) is 5.41 Å². The first-order valence-corrected chi connectivity index (χ1v) is 18.9. The number of benzene rings is 9. The fraction of sp³-hybridized carbons (Fsp3) is 0.0566. The second kappa shape index (κ2) is 12.8. The lowest BCUT2D eigenvalue weighted by Gasteiger charge is -2.30. The largest absolute Gasteiger partial charge is 0.310 e. The highest BCUT2D eigenvalue weighted by Gasteiger charge is 2.37. The third-order valence-corrected chi connectivity index (χ3v) is 11.4. The molecule has 9 aromatic rings. The Morgan fingerprint density at radius 2 is 0.963 bits per heavy atom. The van der Waals surface area contributed by atoms with E-state index in [9.17, 15) is 0 Å². The van der Waals surface area contributed by atoms with Crippen LogP contribution in [-0.4, -0.2) is 0 Å². The molecule has 0 fully saturated rings. The Morgan fingerprint density at radius 1 is 0.352 bits per heavy atom. The third-order valence-electron chi connectivity index (χ3n) is 11.4. The lowest BCUT2D eigenvalue weighted by atomic mass is 9.81. The predicted octanol–water partition coefficient (Wildman–Crippen LogP) is 14.8. The molecule has 54 heavy (non-hydrogen) atoms. The van der Waals surface area contributed by atoms with Crippen molar-refractivity contribution in [1.82, 2.24) is 0 Å². The molecule has 0 saturated carbocycles. The molecule has 0 aromatic heterocycles. The molecule has 0 atom stereocenters. The molecule has 1 aliphatic carbocycles. The molecule has 0 heterocycles. The molecule has 0 aliphatic heterocycles. The van der Waals surface area contributed by atoms with Gasteiger partial charge >= 0.3 is 0 Å². The normalized spacial score (nSPS) is 12.8.